The van der Waals surface area contributed by atoms with Gasteiger partial charge in [-0.15, -0.1) is 4.40 Å². The lowest BCUT2D eigenvalue weighted by Crippen LogP contribution is -2.38. The number of hydrogen-bond donors (Lipinski definition) is 1. The molecule has 2 aliphatic rings. The molecule has 9 heteroatoms. The molecule has 1 N–H and O–H groups in total. The summed E-state index contributed by atoms with van der Waals surface area (Å²) in [5.41, 5.74) is 0.492. The molecule has 0 spiro atoms. The number of aryl methyl sites for hydroxylation is 1. The van der Waals surface area contributed by atoms with E-state index < -0.39 is 10.0 Å². The molecule has 122 valence electrons. The Balaban J connectivity index is 1.53. The summed E-state index contributed by atoms with van der Waals surface area (Å²) in [6.07, 6.45) is 10.9. The molecule has 0 fully saturated rings. The van der Waals surface area contributed by atoms with Crippen molar-refractivity contribution in [1.82, 2.24) is 19.8 Å². The number of fused-ring (bicyclic) bond motifs is 1. The maximum Gasteiger partial charge on any atom is 0.256 e. The van der Waals surface area contributed by atoms with Gasteiger partial charge in [0.1, 0.15) is 5.84 Å². The molecule has 0 saturated heterocycles. The van der Waals surface area contributed by atoms with Crippen LogP contribution in [0.25, 0.3) is 0 Å². The van der Waals surface area contributed by atoms with Crippen LogP contribution in [0.4, 0.5) is 0 Å². The topological polar surface area (TPSA) is 96.7 Å². The van der Waals surface area contributed by atoms with Gasteiger partial charge in [0.2, 0.25) is 0 Å². The average Bonchev–Trinajstić information content (AvgIpc) is 3.03. The average molecular weight is 335 g/mol. The summed E-state index contributed by atoms with van der Waals surface area (Å²) in [4.78, 5) is 17.8. The van der Waals surface area contributed by atoms with Crippen LogP contribution >= 0.6 is 0 Å². The number of hydrogen-bond acceptors (Lipinski definition) is 5. The number of carbonyl (C=O) groups excluding carboxylic acids is 1. The molecule has 3 heterocycles. The van der Waals surface area contributed by atoms with E-state index >= 15 is 0 Å². The second-order valence-electron chi connectivity index (χ2n) is 5.26. The van der Waals surface area contributed by atoms with E-state index in [1.54, 1.807) is 35.8 Å². The second kappa shape index (κ2) is 6.37. The Morgan fingerprint density at radius 2 is 2.22 bits per heavy atom. The van der Waals surface area contributed by atoms with Gasteiger partial charge in [0.15, 0.2) is 0 Å². The lowest BCUT2D eigenvalue weighted by atomic mass is 10.2. The van der Waals surface area contributed by atoms with Crippen LogP contribution in [0.1, 0.15) is 6.42 Å². The molecular weight excluding hydrogens is 318 g/mol. The van der Waals surface area contributed by atoms with Crippen molar-refractivity contribution in [2.75, 3.05) is 18.8 Å². The summed E-state index contributed by atoms with van der Waals surface area (Å²) in [7, 11) is -3.37. The van der Waals surface area contributed by atoms with Gasteiger partial charge in [-0.05, 0) is 18.6 Å². The molecular formula is C14H17N5O3S. The van der Waals surface area contributed by atoms with E-state index in [2.05, 4.69) is 14.7 Å². The van der Waals surface area contributed by atoms with Gasteiger partial charge in [-0.1, -0.05) is 0 Å². The fourth-order valence-corrected chi connectivity index (χ4v) is 3.29. The minimum Gasteiger partial charge on any atom is -0.352 e. The molecule has 0 saturated carbocycles. The van der Waals surface area contributed by atoms with Crippen molar-refractivity contribution >= 4 is 21.8 Å². The molecule has 1 amide bonds. The van der Waals surface area contributed by atoms with Crippen molar-refractivity contribution < 1.29 is 13.2 Å². The predicted molar refractivity (Wildman–Crippen MR) is 85.0 cm³/mol. The standard InChI is InChI=1S/C14H17N5O3S/c20-14(16-4-1-6-18-7-5-15-11-18)12-2-3-13-17-23(21,22)9-8-19(13)10-12/h2-3,5,7,10-11H,1,4,6,8-9H2,(H,16,20). The number of rotatable bonds is 5. The maximum atomic E-state index is 12.1. The minimum absolute atomic E-state index is 0.0410. The van der Waals surface area contributed by atoms with E-state index in [-0.39, 0.29) is 11.7 Å². The van der Waals surface area contributed by atoms with Crippen molar-refractivity contribution in [3.63, 3.8) is 0 Å². The highest BCUT2D eigenvalue weighted by Gasteiger charge is 2.24. The van der Waals surface area contributed by atoms with Gasteiger partial charge in [-0.3, -0.25) is 4.79 Å². The van der Waals surface area contributed by atoms with Gasteiger partial charge in [0, 0.05) is 38.2 Å². The maximum absolute atomic E-state index is 12.1. The third-order valence-corrected chi connectivity index (χ3v) is 4.69. The zero-order valence-corrected chi connectivity index (χ0v) is 13.2. The number of nitrogens with one attached hydrogen (secondary N) is 1. The van der Waals surface area contributed by atoms with Gasteiger partial charge in [0.25, 0.3) is 15.9 Å². The predicted octanol–water partition coefficient (Wildman–Crippen LogP) is -0.113. The zero-order chi connectivity index (χ0) is 16.3. The van der Waals surface area contributed by atoms with Crippen molar-refractivity contribution in [3.8, 4) is 0 Å². The monoisotopic (exact) mass is 335 g/mol. The first-order valence-electron chi connectivity index (χ1n) is 7.27. The van der Waals surface area contributed by atoms with E-state index in [4.69, 9.17) is 0 Å². The Bertz CT molecular complexity index is 777. The fraction of sp³-hybridized carbons (Fsp3) is 0.357. The zero-order valence-electron chi connectivity index (χ0n) is 12.4. The molecule has 0 unspecified atom stereocenters. The van der Waals surface area contributed by atoms with Crippen LogP contribution in [0.2, 0.25) is 0 Å². The molecule has 0 aromatic carbocycles. The van der Waals surface area contributed by atoms with Gasteiger partial charge >= 0.3 is 0 Å². The van der Waals surface area contributed by atoms with Crippen molar-refractivity contribution in [2.24, 2.45) is 4.40 Å². The molecule has 8 nitrogen and oxygen atoms in total. The van der Waals surface area contributed by atoms with Gasteiger partial charge < -0.3 is 14.8 Å². The molecule has 23 heavy (non-hydrogen) atoms. The molecule has 1 aromatic heterocycles. The van der Waals surface area contributed by atoms with Gasteiger partial charge in [-0.2, -0.15) is 0 Å². The summed E-state index contributed by atoms with van der Waals surface area (Å²) in [5, 5.41) is 2.85. The normalized spacial score (nSPS) is 18.9. The third kappa shape index (κ3) is 3.86. The van der Waals surface area contributed by atoms with E-state index in [9.17, 15) is 13.2 Å². The molecule has 0 atom stereocenters. The molecule has 2 aliphatic heterocycles. The van der Waals surface area contributed by atoms with Crippen LogP contribution in [0.3, 0.4) is 0 Å². The third-order valence-electron chi connectivity index (χ3n) is 3.52. The first kappa shape index (κ1) is 15.5. The van der Waals surface area contributed by atoms with Crippen LogP contribution in [-0.2, 0) is 21.4 Å². The molecule has 1 aromatic rings. The van der Waals surface area contributed by atoms with Crippen molar-refractivity contribution in [3.05, 3.63) is 42.6 Å². The van der Waals surface area contributed by atoms with Crippen LogP contribution < -0.4 is 5.32 Å². The van der Waals surface area contributed by atoms with Crippen LogP contribution in [-0.4, -0.2) is 53.5 Å². The van der Waals surface area contributed by atoms with E-state index in [0.717, 1.165) is 13.0 Å². The van der Waals surface area contributed by atoms with Gasteiger partial charge in [0.05, 0.1) is 17.7 Å². The van der Waals surface area contributed by atoms with E-state index in [1.165, 1.54) is 0 Å². The largest absolute Gasteiger partial charge is 0.352 e. The molecule has 3 rings (SSSR count). The Kier molecular flexibility index (Phi) is 4.28. The number of carbonyl (C=O) groups is 1. The Labute approximate surface area is 134 Å². The van der Waals surface area contributed by atoms with Crippen LogP contribution in [0.15, 0.2) is 47.0 Å². The summed E-state index contributed by atoms with van der Waals surface area (Å²) in [6.45, 7) is 1.65. The highest BCUT2D eigenvalue weighted by Crippen LogP contribution is 2.15. The first-order valence-corrected chi connectivity index (χ1v) is 8.87. The smallest absolute Gasteiger partial charge is 0.256 e. The Morgan fingerprint density at radius 1 is 1.35 bits per heavy atom. The summed E-state index contributed by atoms with van der Waals surface area (Å²) in [5.74, 6) is 0.132. The number of nitrogens with zero attached hydrogens (tertiary/aromatic N) is 4. The lowest BCUT2D eigenvalue weighted by Gasteiger charge is -2.26. The van der Waals surface area contributed by atoms with Gasteiger partial charge in [-0.25, -0.2) is 13.4 Å². The fourth-order valence-electron chi connectivity index (χ4n) is 2.32. The number of amides is 1. The SMILES string of the molecule is O=C(NCCCn1ccnc1)C1=CN2CCS(=O)(=O)N=C2C=C1. The number of imidazole rings is 1. The highest BCUT2D eigenvalue weighted by molar-refractivity contribution is 7.90. The number of aromatic nitrogens is 2. The van der Waals surface area contributed by atoms with E-state index in [1.807, 2.05) is 10.8 Å². The van der Waals surface area contributed by atoms with Crippen molar-refractivity contribution in [1.29, 1.82) is 0 Å². The number of amidine groups is 1. The summed E-state index contributed by atoms with van der Waals surface area (Å²) in [6, 6.07) is 0. The van der Waals surface area contributed by atoms with E-state index in [0.29, 0.717) is 24.5 Å². The summed E-state index contributed by atoms with van der Waals surface area (Å²) < 4.78 is 28.5. The van der Waals surface area contributed by atoms with Crippen molar-refractivity contribution in [2.45, 2.75) is 13.0 Å². The lowest BCUT2D eigenvalue weighted by molar-refractivity contribution is -0.117. The highest BCUT2D eigenvalue weighted by atomic mass is 32.2. The van der Waals surface area contributed by atoms with Crippen LogP contribution in [0, 0.1) is 0 Å². The molecule has 0 aliphatic carbocycles. The molecule has 0 radical (unpaired) electrons. The number of sulfonamides is 1. The Hall–Kier alpha value is -2.42. The quantitative estimate of drug-likeness (QED) is 0.757. The molecule has 0 bridgehead atoms. The minimum atomic E-state index is -3.37. The van der Waals surface area contributed by atoms with Crippen LogP contribution in [0.5, 0.6) is 0 Å². The Morgan fingerprint density at radius 3 is 3.00 bits per heavy atom. The second-order valence-corrected chi connectivity index (χ2v) is 7.01. The first-order chi connectivity index (χ1) is 11.0. The summed E-state index contributed by atoms with van der Waals surface area (Å²) >= 11 is 0.